The van der Waals surface area contributed by atoms with Gasteiger partial charge in [0.1, 0.15) is 6.61 Å². The molecule has 0 atom stereocenters. The molecular formula is C13H18N4OS. The van der Waals surface area contributed by atoms with E-state index in [1.54, 1.807) is 0 Å². The number of aliphatic hydroxyl groups excluding tert-OH is 1. The third-order valence-corrected chi connectivity index (χ3v) is 3.36. The predicted octanol–water partition coefficient (Wildman–Crippen LogP) is 1.96. The summed E-state index contributed by atoms with van der Waals surface area (Å²) in [5.41, 5.74) is 1.20. The van der Waals surface area contributed by atoms with Gasteiger partial charge in [0.25, 0.3) is 0 Å². The second kappa shape index (κ2) is 6.49. The first kappa shape index (κ1) is 13.8. The minimum absolute atomic E-state index is 0.0956. The first-order valence-electron chi connectivity index (χ1n) is 6.23. The number of aliphatic hydroxyl groups is 1. The largest absolute Gasteiger partial charge is 0.388 e. The third kappa shape index (κ3) is 3.42. The molecule has 5 nitrogen and oxygen atoms in total. The number of aromatic amines is 1. The van der Waals surface area contributed by atoms with E-state index in [9.17, 15) is 0 Å². The normalized spacial score (nSPS) is 10.6. The molecule has 6 heteroatoms. The standard InChI is InChI=1S/C13H18N4OS/c1-16(11-6-3-2-4-7-11)8-5-9-17-12(10-18)14-15-13(17)19/h2-4,6-7,18H,5,8-10H2,1H3,(H,15,19). The van der Waals surface area contributed by atoms with Crippen LogP contribution in [-0.4, -0.2) is 33.5 Å². The summed E-state index contributed by atoms with van der Waals surface area (Å²) in [5, 5.41) is 15.8. The van der Waals surface area contributed by atoms with Crippen LogP contribution < -0.4 is 4.90 Å². The van der Waals surface area contributed by atoms with E-state index in [2.05, 4.69) is 34.3 Å². The first-order valence-corrected chi connectivity index (χ1v) is 6.64. The zero-order valence-corrected chi connectivity index (χ0v) is 11.7. The maximum absolute atomic E-state index is 9.16. The van der Waals surface area contributed by atoms with Crippen molar-refractivity contribution in [2.75, 3.05) is 18.5 Å². The summed E-state index contributed by atoms with van der Waals surface area (Å²) in [5.74, 6) is 0.590. The highest BCUT2D eigenvalue weighted by molar-refractivity contribution is 7.71. The van der Waals surface area contributed by atoms with Crippen LogP contribution in [-0.2, 0) is 13.2 Å². The van der Waals surface area contributed by atoms with Crippen molar-refractivity contribution < 1.29 is 5.11 Å². The Labute approximate surface area is 117 Å². The minimum atomic E-state index is -0.0956. The molecule has 1 aromatic heterocycles. The fourth-order valence-electron chi connectivity index (χ4n) is 1.98. The summed E-state index contributed by atoms with van der Waals surface area (Å²) in [6.07, 6.45) is 0.937. The molecule has 2 aromatic rings. The summed E-state index contributed by atoms with van der Waals surface area (Å²) >= 11 is 5.13. The van der Waals surface area contributed by atoms with Crippen molar-refractivity contribution in [1.82, 2.24) is 14.8 Å². The molecule has 102 valence electrons. The van der Waals surface area contributed by atoms with E-state index in [0.717, 1.165) is 19.5 Å². The van der Waals surface area contributed by atoms with Crippen LogP contribution in [0.25, 0.3) is 0 Å². The van der Waals surface area contributed by atoms with Crippen LogP contribution in [0.1, 0.15) is 12.2 Å². The van der Waals surface area contributed by atoms with Crippen molar-refractivity contribution in [1.29, 1.82) is 0 Å². The lowest BCUT2D eigenvalue weighted by Gasteiger charge is -2.19. The fraction of sp³-hybridized carbons (Fsp3) is 0.385. The maximum atomic E-state index is 9.16. The Balaban J connectivity index is 1.90. The van der Waals surface area contributed by atoms with Crippen molar-refractivity contribution in [2.24, 2.45) is 0 Å². The molecule has 0 amide bonds. The van der Waals surface area contributed by atoms with Gasteiger partial charge >= 0.3 is 0 Å². The molecule has 0 aliphatic heterocycles. The first-order chi connectivity index (χ1) is 9.22. The average Bonchev–Trinajstić information content (AvgIpc) is 2.80. The van der Waals surface area contributed by atoms with Gasteiger partial charge in [-0.2, -0.15) is 5.10 Å². The molecule has 0 radical (unpaired) electrons. The van der Waals surface area contributed by atoms with Crippen molar-refractivity contribution in [3.05, 3.63) is 40.9 Å². The van der Waals surface area contributed by atoms with Crippen LogP contribution >= 0.6 is 12.2 Å². The molecule has 2 N–H and O–H groups in total. The van der Waals surface area contributed by atoms with Crippen molar-refractivity contribution in [3.8, 4) is 0 Å². The number of hydrogen-bond acceptors (Lipinski definition) is 4. The molecule has 0 saturated carbocycles. The Morgan fingerprint density at radius 3 is 2.79 bits per heavy atom. The second-order valence-electron chi connectivity index (χ2n) is 4.37. The summed E-state index contributed by atoms with van der Waals surface area (Å²) in [7, 11) is 2.07. The zero-order chi connectivity index (χ0) is 13.7. The number of para-hydroxylation sites is 1. The number of nitrogens with zero attached hydrogens (tertiary/aromatic N) is 3. The molecule has 0 saturated heterocycles. The molecule has 0 fully saturated rings. The van der Waals surface area contributed by atoms with Gasteiger partial charge in [0.05, 0.1) is 0 Å². The summed E-state index contributed by atoms with van der Waals surface area (Å²) < 4.78 is 2.40. The van der Waals surface area contributed by atoms with Gasteiger partial charge < -0.3 is 14.6 Å². The molecule has 1 heterocycles. The van der Waals surface area contributed by atoms with Gasteiger partial charge in [-0.25, -0.2) is 0 Å². The molecule has 2 rings (SSSR count). The van der Waals surface area contributed by atoms with E-state index < -0.39 is 0 Å². The van der Waals surface area contributed by atoms with Crippen LogP contribution in [0.5, 0.6) is 0 Å². The number of nitrogens with one attached hydrogen (secondary N) is 1. The quantitative estimate of drug-likeness (QED) is 0.793. The Hall–Kier alpha value is -1.66. The van der Waals surface area contributed by atoms with Gasteiger partial charge in [-0.1, -0.05) is 18.2 Å². The van der Waals surface area contributed by atoms with Crippen molar-refractivity contribution in [2.45, 2.75) is 19.6 Å². The maximum Gasteiger partial charge on any atom is 0.195 e. The number of aromatic nitrogens is 3. The van der Waals surface area contributed by atoms with Gasteiger partial charge in [-0.3, -0.25) is 5.10 Å². The highest BCUT2D eigenvalue weighted by atomic mass is 32.1. The van der Waals surface area contributed by atoms with E-state index in [4.69, 9.17) is 17.3 Å². The number of hydrogen-bond donors (Lipinski definition) is 2. The number of H-pyrrole nitrogens is 1. The highest BCUT2D eigenvalue weighted by Gasteiger charge is 2.05. The Bertz CT molecular complexity index is 564. The molecular weight excluding hydrogens is 260 g/mol. The summed E-state index contributed by atoms with van der Waals surface area (Å²) in [6.45, 7) is 1.58. The smallest absolute Gasteiger partial charge is 0.195 e. The number of anilines is 1. The topological polar surface area (TPSA) is 57.1 Å². The van der Waals surface area contributed by atoms with E-state index in [-0.39, 0.29) is 6.61 Å². The van der Waals surface area contributed by atoms with Gasteiger partial charge in [-0.15, -0.1) is 0 Å². The van der Waals surface area contributed by atoms with Gasteiger partial charge in [-0.05, 0) is 30.8 Å². The van der Waals surface area contributed by atoms with Crippen LogP contribution in [0.15, 0.2) is 30.3 Å². The van der Waals surface area contributed by atoms with Crippen LogP contribution in [0, 0.1) is 4.77 Å². The zero-order valence-electron chi connectivity index (χ0n) is 10.9. The number of rotatable bonds is 6. The Morgan fingerprint density at radius 2 is 2.11 bits per heavy atom. The average molecular weight is 278 g/mol. The van der Waals surface area contributed by atoms with E-state index >= 15 is 0 Å². The lowest BCUT2D eigenvalue weighted by molar-refractivity contribution is 0.264. The summed E-state index contributed by atoms with van der Waals surface area (Å²) in [6, 6.07) is 10.2. The molecule has 1 aromatic carbocycles. The monoisotopic (exact) mass is 278 g/mol. The van der Waals surface area contributed by atoms with Crippen molar-refractivity contribution in [3.63, 3.8) is 0 Å². The van der Waals surface area contributed by atoms with Crippen LogP contribution in [0.3, 0.4) is 0 Å². The third-order valence-electron chi connectivity index (χ3n) is 3.05. The lowest BCUT2D eigenvalue weighted by atomic mass is 10.3. The highest BCUT2D eigenvalue weighted by Crippen LogP contribution is 2.11. The second-order valence-corrected chi connectivity index (χ2v) is 4.75. The molecule has 0 aliphatic carbocycles. The molecule has 0 unspecified atom stereocenters. The predicted molar refractivity (Wildman–Crippen MR) is 77.7 cm³/mol. The van der Waals surface area contributed by atoms with Gasteiger partial charge in [0, 0.05) is 25.8 Å². The number of benzene rings is 1. The SMILES string of the molecule is CN(CCCn1c(CO)n[nH]c1=S)c1ccccc1. The fourth-order valence-corrected chi connectivity index (χ4v) is 2.22. The van der Waals surface area contributed by atoms with Gasteiger partial charge in [0.2, 0.25) is 0 Å². The van der Waals surface area contributed by atoms with Crippen LogP contribution in [0.2, 0.25) is 0 Å². The summed E-state index contributed by atoms with van der Waals surface area (Å²) in [4.78, 5) is 2.20. The molecule has 0 spiro atoms. The minimum Gasteiger partial charge on any atom is -0.388 e. The van der Waals surface area contributed by atoms with E-state index in [0.29, 0.717) is 10.6 Å². The van der Waals surface area contributed by atoms with E-state index in [1.165, 1.54) is 5.69 Å². The van der Waals surface area contributed by atoms with Crippen LogP contribution in [0.4, 0.5) is 5.69 Å². The Kier molecular flexibility index (Phi) is 4.70. The van der Waals surface area contributed by atoms with E-state index in [1.807, 2.05) is 22.8 Å². The van der Waals surface area contributed by atoms with Crippen molar-refractivity contribution >= 4 is 17.9 Å². The Morgan fingerprint density at radius 1 is 1.37 bits per heavy atom. The molecule has 0 bridgehead atoms. The molecule has 0 aliphatic rings. The molecule has 19 heavy (non-hydrogen) atoms. The lowest BCUT2D eigenvalue weighted by Crippen LogP contribution is -2.20. The van der Waals surface area contributed by atoms with Gasteiger partial charge in [0.15, 0.2) is 10.6 Å².